The van der Waals surface area contributed by atoms with Gasteiger partial charge in [-0.2, -0.15) is 0 Å². The molecule has 0 heterocycles. The first-order valence-electron chi connectivity index (χ1n) is 6.57. The number of nitrogens with one attached hydrogen (secondary N) is 1. The maximum absolute atomic E-state index is 13.6. The van der Waals surface area contributed by atoms with Crippen molar-refractivity contribution in [3.63, 3.8) is 0 Å². The van der Waals surface area contributed by atoms with Crippen LogP contribution in [0.25, 0.3) is 0 Å². The molecule has 1 amide bonds. The van der Waals surface area contributed by atoms with E-state index in [-0.39, 0.29) is 18.0 Å². The number of aliphatic carboxylic acids is 1. The molecule has 0 aliphatic heterocycles. The molecule has 1 atom stereocenters. The van der Waals surface area contributed by atoms with E-state index >= 15 is 0 Å². The molecule has 0 aliphatic rings. The van der Waals surface area contributed by atoms with Crippen LogP contribution < -0.4 is 10.1 Å². The van der Waals surface area contributed by atoms with Crippen LogP contribution in [0.15, 0.2) is 18.2 Å². The highest BCUT2D eigenvalue weighted by Crippen LogP contribution is 2.32. The lowest BCUT2D eigenvalue weighted by Gasteiger charge is -2.28. The molecule has 1 rings (SSSR count). The molecule has 2 N–H and O–H groups in total. The lowest BCUT2D eigenvalue weighted by atomic mass is 9.76. The van der Waals surface area contributed by atoms with E-state index in [1.165, 1.54) is 32.2 Å². The van der Waals surface area contributed by atoms with Gasteiger partial charge >= 0.3 is 5.97 Å². The van der Waals surface area contributed by atoms with Gasteiger partial charge in [-0.3, -0.25) is 9.59 Å². The minimum atomic E-state index is -1.21. The number of carboxylic acids is 1. The molecule has 0 saturated carbocycles. The number of amides is 1. The number of carbonyl (C=O) groups excluding carboxylic acids is 1. The Balaban J connectivity index is 2.89. The number of methoxy groups -OCH3 is 1. The lowest BCUT2D eigenvalue weighted by Crippen LogP contribution is -2.37. The average Bonchev–Trinajstić information content (AvgIpc) is 2.40. The molecular weight excluding hydrogens is 277 g/mol. The number of benzene rings is 1. The number of hydrogen-bond donors (Lipinski definition) is 2. The molecule has 0 aromatic heterocycles. The zero-order chi connectivity index (χ0) is 16.2. The van der Waals surface area contributed by atoms with Crippen LogP contribution in [-0.4, -0.2) is 24.1 Å². The van der Waals surface area contributed by atoms with E-state index in [0.717, 1.165) is 0 Å². The Morgan fingerprint density at radius 2 is 2.05 bits per heavy atom. The molecule has 0 aliphatic carbocycles. The summed E-state index contributed by atoms with van der Waals surface area (Å²) in [5.41, 5.74) is -1.24. The monoisotopic (exact) mass is 297 g/mol. The van der Waals surface area contributed by atoms with Gasteiger partial charge in [-0.25, -0.2) is 4.39 Å². The van der Waals surface area contributed by atoms with Crippen molar-refractivity contribution in [1.29, 1.82) is 0 Å². The topological polar surface area (TPSA) is 75.6 Å². The molecule has 6 heteroatoms. The van der Waals surface area contributed by atoms with Gasteiger partial charge in [0.15, 0.2) is 0 Å². The number of hydrogen-bond acceptors (Lipinski definition) is 3. The fourth-order valence-corrected chi connectivity index (χ4v) is 1.78. The Morgan fingerprint density at radius 3 is 2.52 bits per heavy atom. The van der Waals surface area contributed by atoms with E-state index in [0.29, 0.717) is 5.75 Å². The molecule has 21 heavy (non-hydrogen) atoms. The fourth-order valence-electron chi connectivity index (χ4n) is 1.78. The number of ether oxygens (including phenoxy) is 1. The second-order valence-electron chi connectivity index (χ2n) is 5.45. The zero-order valence-electron chi connectivity index (χ0n) is 12.6. The molecular formula is C15H20FNO4. The number of carboxylic acid groups (broad SMARTS) is 1. The van der Waals surface area contributed by atoms with Crippen LogP contribution in [-0.2, 0) is 9.59 Å². The first-order chi connectivity index (χ1) is 9.70. The minimum Gasteiger partial charge on any atom is -0.497 e. The molecule has 0 spiro atoms. The van der Waals surface area contributed by atoms with E-state index in [2.05, 4.69) is 5.32 Å². The van der Waals surface area contributed by atoms with Gasteiger partial charge in [0.1, 0.15) is 11.6 Å². The number of halogens is 1. The Bertz CT molecular complexity index is 544. The van der Waals surface area contributed by atoms with Crippen molar-refractivity contribution in [3.8, 4) is 5.75 Å². The highest BCUT2D eigenvalue weighted by molar-refractivity contribution is 5.94. The molecule has 5 nitrogen and oxygen atoms in total. The molecule has 1 aromatic carbocycles. The smallest absolute Gasteiger partial charge is 0.310 e. The van der Waals surface area contributed by atoms with Crippen molar-refractivity contribution < 1.29 is 23.8 Å². The summed E-state index contributed by atoms with van der Waals surface area (Å²) in [6.07, 6.45) is -0.239. The number of rotatable bonds is 6. The zero-order valence-corrected chi connectivity index (χ0v) is 12.6. The predicted octanol–water partition coefficient (Wildman–Crippen LogP) is 2.91. The van der Waals surface area contributed by atoms with Crippen LogP contribution in [0.5, 0.6) is 5.75 Å². The molecule has 1 unspecified atom stereocenters. The SMILES string of the molecule is COc1ccc(F)c(NC(=O)CC(C)(C(=O)O)C(C)C)c1. The highest BCUT2D eigenvalue weighted by Gasteiger charge is 2.38. The Hall–Kier alpha value is -2.11. The third-order valence-electron chi connectivity index (χ3n) is 3.74. The van der Waals surface area contributed by atoms with E-state index in [1.54, 1.807) is 13.8 Å². The largest absolute Gasteiger partial charge is 0.497 e. The summed E-state index contributed by atoms with van der Waals surface area (Å²) >= 11 is 0. The fraction of sp³-hybridized carbons (Fsp3) is 0.467. The van der Waals surface area contributed by atoms with Gasteiger partial charge in [0.25, 0.3) is 0 Å². The molecule has 0 fully saturated rings. The van der Waals surface area contributed by atoms with Gasteiger partial charge in [-0.15, -0.1) is 0 Å². The molecule has 1 aromatic rings. The minimum absolute atomic E-state index is 0.0316. The molecule has 0 bridgehead atoms. The second kappa shape index (κ2) is 6.56. The number of anilines is 1. The van der Waals surface area contributed by atoms with E-state index in [1.807, 2.05) is 0 Å². The van der Waals surface area contributed by atoms with Crippen molar-refractivity contribution in [3.05, 3.63) is 24.0 Å². The molecule has 116 valence electrons. The highest BCUT2D eigenvalue weighted by atomic mass is 19.1. The third-order valence-corrected chi connectivity index (χ3v) is 3.74. The van der Waals surface area contributed by atoms with E-state index < -0.39 is 23.1 Å². The maximum Gasteiger partial charge on any atom is 0.310 e. The van der Waals surface area contributed by atoms with Crippen molar-refractivity contribution in [2.45, 2.75) is 27.2 Å². The van der Waals surface area contributed by atoms with Crippen molar-refractivity contribution >= 4 is 17.6 Å². The van der Waals surface area contributed by atoms with Gasteiger partial charge in [-0.05, 0) is 25.0 Å². The van der Waals surface area contributed by atoms with Crippen LogP contribution in [0.3, 0.4) is 0 Å². The van der Waals surface area contributed by atoms with Crippen molar-refractivity contribution in [1.82, 2.24) is 0 Å². The van der Waals surface area contributed by atoms with Crippen LogP contribution in [0.2, 0.25) is 0 Å². The standard InChI is InChI=1S/C15H20FNO4/c1-9(2)15(3,14(19)20)8-13(18)17-12-7-10(21-4)5-6-11(12)16/h5-7,9H,8H2,1-4H3,(H,17,18)(H,19,20). The maximum atomic E-state index is 13.6. The van der Waals surface area contributed by atoms with Crippen LogP contribution in [0, 0.1) is 17.2 Å². The summed E-state index contributed by atoms with van der Waals surface area (Å²) in [7, 11) is 1.43. The quantitative estimate of drug-likeness (QED) is 0.846. The summed E-state index contributed by atoms with van der Waals surface area (Å²) < 4.78 is 18.6. The first-order valence-corrected chi connectivity index (χ1v) is 6.57. The van der Waals surface area contributed by atoms with Crippen LogP contribution in [0.4, 0.5) is 10.1 Å². The summed E-state index contributed by atoms with van der Waals surface area (Å²) in [5, 5.41) is 11.7. The lowest BCUT2D eigenvalue weighted by molar-refractivity contribution is -0.153. The van der Waals surface area contributed by atoms with Crippen molar-refractivity contribution in [2.24, 2.45) is 11.3 Å². The predicted molar refractivity (Wildman–Crippen MR) is 76.8 cm³/mol. The van der Waals surface area contributed by atoms with E-state index in [9.17, 15) is 19.1 Å². The Kier molecular flexibility index (Phi) is 5.29. The van der Waals surface area contributed by atoms with Gasteiger partial charge in [-0.1, -0.05) is 13.8 Å². The van der Waals surface area contributed by atoms with Crippen molar-refractivity contribution in [2.75, 3.05) is 12.4 Å². The van der Waals surface area contributed by atoms with Crippen LogP contribution in [0.1, 0.15) is 27.2 Å². The Labute approximate surface area is 123 Å². The first kappa shape index (κ1) is 16.9. The van der Waals surface area contributed by atoms with Crippen LogP contribution >= 0.6 is 0 Å². The third kappa shape index (κ3) is 3.93. The van der Waals surface area contributed by atoms with Gasteiger partial charge < -0.3 is 15.2 Å². The summed E-state index contributed by atoms with van der Waals surface area (Å²) in [4.78, 5) is 23.4. The number of carbonyl (C=O) groups is 2. The molecule has 0 saturated heterocycles. The van der Waals surface area contributed by atoms with Gasteiger partial charge in [0.2, 0.25) is 5.91 Å². The average molecular weight is 297 g/mol. The summed E-state index contributed by atoms with van der Waals surface area (Å²) in [6.45, 7) is 4.96. The summed E-state index contributed by atoms with van der Waals surface area (Å²) in [5.74, 6) is -2.06. The molecule has 0 radical (unpaired) electrons. The summed E-state index contributed by atoms with van der Waals surface area (Å²) in [6, 6.07) is 3.95. The van der Waals surface area contributed by atoms with E-state index in [4.69, 9.17) is 4.74 Å². The van der Waals surface area contributed by atoms with Gasteiger partial charge in [0.05, 0.1) is 18.2 Å². The second-order valence-corrected chi connectivity index (χ2v) is 5.45. The Morgan fingerprint density at radius 1 is 1.43 bits per heavy atom. The van der Waals surface area contributed by atoms with Gasteiger partial charge in [0, 0.05) is 12.5 Å². The normalized spacial score (nSPS) is 13.6.